The molecule has 0 radical (unpaired) electrons. The standard InChI is InChI=1S/C13H21NO/c1-4-13(15,9-10-14-3)12-7-5-11(2)6-8-12/h5-8,14-15H,4,9-10H2,1-3H3. The van der Waals surface area contributed by atoms with E-state index in [1.165, 1.54) is 5.56 Å². The molecule has 1 atom stereocenters. The van der Waals surface area contributed by atoms with Crippen molar-refractivity contribution in [2.75, 3.05) is 13.6 Å². The third kappa shape index (κ3) is 3.05. The summed E-state index contributed by atoms with van der Waals surface area (Å²) in [4.78, 5) is 0. The van der Waals surface area contributed by atoms with Gasteiger partial charge in [0.2, 0.25) is 0 Å². The molecule has 0 aliphatic carbocycles. The molecular formula is C13H21NO. The largest absolute Gasteiger partial charge is 0.385 e. The van der Waals surface area contributed by atoms with Gasteiger partial charge in [-0.25, -0.2) is 0 Å². The van der Waals surface area contributed by atoms with E-state index in [-0.39, 0.29) is 0 Å². The predicted octanol–water partition coefficient (Wildman–Crippen LogP) is 2.20. The SMILES string of the molecule is CCC(O)(CCNC)c1ccc(C)cc1. The second-order valence-corrected chi connectivity index (χ2v) is 4.10. The lowest BCUT2D eigenvalue weighted by Crippen LogP contribution is -2.29. The number of hydrogen-bond donors (Lipinski definition) is 2. The van der Waals surface area contributed by atoms with Gasteiger partial charge in [0.1, 0.15) is 0 Å². The van der Waals surface area contributed by atoms with Crippen LogP contribution in [0.4, 0.5) is 0 Å². The Hall–Kier alpha value is -0.860. The second-order valence-electron chi connectivity index (χ2n) is 4.10. The third-order valence-electron chi connectivity index (χ3n) is 2.96. The summed E-state index contributed by atoms with van der Waals surface area (Å²) in [5, 5.41) is 13.6. The topological polar surface area (TPSA) is 32.3 Å². The maximum Gasteiger partial charge on any atom is 0.0906 e. The summed E-state index contributed by atoms with van der Waals surface area (Å²) in [7, 11) is 1.91. The molecule has 0 amide bonds. The molecule has 0 heterocycles. The summed E-state index contributed by atoms with van der Waals surface area (Å²) in [6.45, 7) is 4.91. The van der Waals surface area contributed by atoms with Crippen molar-refractivity contribution in [1.29, 1.82) is 0 Å². The minimum Gasteiger partial charge on any atom is -0.385 e. The van der Waals surface area contributed by atoms with Crippen LogP contribution in [0.15, 0.2) is 24.3 Å². The summed E-state index contributed by atoms with van der Waals surface area (Å²) >= 11 is 0. The molecule has 1 aromatic carbocycles. The molecule has 1 unspecified atom stereocenters. The van der Waals surface area contributed by atoms with Gasteiger partial charge in [0, 0.05) is 0 Å². The van der Waals surface area contributed by atoms with Crippen LogP contribution >= 0.6 is 0 Å². The molecule has 0 fully saturated rings. The first-order chi connectivity index (χ1) is 7.12. The fourth-order valence-electron chi connectivity index (χ4n) is 1.72. The molecule has 2 heteroatoms. The quantitative estimate of drug-likeness (QED) is 0.776. The molecule has 0 aliphatic rings. The van der Waals surface area contributed by atoms with E-state index in [9.17, 15) is 5.11 Å². The van der Waals surface area contributed by atoms with Crippen LogP contribution in [0.25, 0.3) is 0 Å². The van der Waals surface area contributed by atoms with Gasteiger partial charge in [-0.1, -0.05) is 36.8 Å². The fourth-order valence-corrected chi connectivity index (χ4v) is 1.72. The molecule has 15 heavy (non-hydrogen) atoms. The van der Waals surface area contributed by atoms with Gasteiger partial charge in [-0.15, -0.1) is 0 Å². The number of hydrogen-bond acceptors (Lipinski definition) is 2. The molecule has 0 saturated heterocycles. The smallest absolute Gasteiger partial charge is 0.0906 e. The predicted molar refractivity (Wildman–Crippen MR) is 63.9 cm³/mol. The maximum absolute atomic E-state index is 10.5. The average molecular weight is 207 g/mol. The van der Waals surface area contributed by atoms with E-state index in [0.717, 1.165) is 24.9 Å². The highest BCUT2D eigenvalue weighted by Gasteiger charge is 2.25. The van der Waals surface area contributed by atoms with Crippen molar-refractivity contribution in [3.05, 3.63) is 35.4 Å². The molecule has 1 rings (SSSR count). The van der Waals surface area contributed by atoms with E-state index in [4.69, 9.17) is 0 Å². The van der Waals surface area contributed by atoms with Gasteiger partial charge >= 0.3 is 0 Å². The minimum absolute atomic E-state index is 0.684. The van der Waals surface area contributed by atoms with Crippen molar-refractivity contribution in [2.24, 2.45) is 0 Å². The van der Waals surface area contributed by atoms with E-state index in [1.807, 2.05) is 26.1 Å². The zero-order valence-corrected chi connectivity index (χ0v) is 9.88. The maximum atomic E-state index is 10.5. The van der Waals surface area contributed by atoms with Crippen LogP contribution in [0, 0.1) is 6.92 Å². The summed E-state index contributed by atoms with van der Waals surface area (Å²) < 4.78 is 0. The molecule has 84 valence electrons. The zero-order valence-electron chi connectivity index (χ0n) is 9.88. The van der Waals surface area contributed by atoms with Gasteiger partial charge in [-0.3, -0.25) is 0 Å². The van der Waals surface area contributed by atoms with Crippen molar-refractivity contribution in [1.82, 2.24) is 5.32 Å². The van der Waals surface area contributed by atoms with Crippen LogP contribution in [-0.2, 0) is 5.60 Å². The monoisotopic (exact) mass is 207 g/mol. The Kier molecular flexibility index (Phi) is 4.30. The first-order valence-corrected chi connectivity index (χ1v) is 5.56. The lowest BCUT2D eigenvalue weighted by Gasteiger charge is -2.27. The Balaban J connectivity index is 2.85. The van der Waals surface area contributed by atoms with Crippen molar-refractivity contribution in [3.8, 4) is 0 Å². The Labute approximate surface area is 92.3 Å². The Morgan fingerprint density at radius 2 is 1.87 bits per heavy atom. The van der Waals surface area contributed by atoms with Gasteiger partial charge < -0.3 is 10.4 Å². The van der Waals surface area contributed by atoms with E-state index < -0.39 is 5.60 Å². The summed E-state index contributed by atoms with van der Waals surface area (Å²) in [5.74, 6) is 0. The first-order valence-electron chi connectivity index (χ1n) is 5.56. The normalized spacial score (nSPS) is 14.9. The van der Waals surface area contributed by atoms with Gasteiger partial charge in [0.05, 0.1) is 5.60 Å². The summed E-state index contributed by atoms with van der Waals surface area (Å²) in [5.41, 5.74) is 1.56. The lowest BCUT2D eigenvalue weighted by molar-refractivity contribution is 0.0242. The number of rotatable bonds is 5. The highest BCUT2D eigenvalue weighted by atomic mass is 16.3. The van der Waals surface area contributed by atoms with Crippen LogP contribution in [0.1, 0.15) is 30.9 Å². The van der Waals surface area contributed by atoms with Gasteiger partial charge in [-0.05, 0) is 38.9 Å². The van der Waals surface area contributed by atoms with Crippen molar-refractivity contribution < 1.29 is 5.11 Å². The van der Waals surface area contributed by atoms with Crippen LogP contribution in [-0.4, -0.2) is 18.7 Å². The Morgan fingerprint density at radius 1 is 1.27 bits per heavy atom. The van der Waals surface area contributed by atoms with Crippen molar-refractivity contribution in [2.45, 2.75) is 32.3 Å². The van der Waals surface area contributed by atoms with E-state index in [0.29, 0.717) is 0 Å². The van der Waals surface area contributed by atoms with E-state index in [1.54, 1.807) is 0 Å². The molecule has 2 nitrogen and oxygen atoms in total. The fraction of sp³-hybridized carbons (Fsp3) is 0.538. The number of nitrogens with one attached hydrogen (secondary N) is 1. The van der Waals surface area contributed by atoms with Crippen LogP contribution in [0.5, 0.6) is 0 Å². The molecule has 0 bridgehead atoms. The zero-order chi connectivity index (χ0) is 11.3. The molecule has 0 aromatic heterocycles. The number of benzene rings is 1. The summed E-state index contributed by atoms with van der Waals surface area (Å²) in [6, 6.07) is 8.15. The highest BCUT2D eigenvalue weighted by Crippen LogP contribution is 2.28. The molecule has 0 spiro atoms. The molecule has 0 saturated carbocycles. The van der Waals surface area contributed by atoms with E-state index in [2.05, 4.69) is 24.4 Å². The average Bonchev–Trinajstić information content (AvgIpc) is 2.27. The summed E-state index contributed by atoms with van der Waals surface area (Å²) in [6.07, 6.45) is 1.50. The van der Waals surface area contributed by atoms with Crippen LogP contribution in [0.2, 0.25) is 0 Å². The second kappa shape index (κ2) is 5.29. The number of aryl methyl sites for hydroxylation is 1. The Morgan fingerprint density at radius 3 is 2.33 bits per heavy atom. The molecular weight excluding hydrogens is 186 g/mol. The molecule has 2 N–H and O–H groups in total. The van der Waals surface area contributed by atoms with Gasteiger partial charge in [0.15, 0.2) is 0 Å². The Bertz CT molecular complexity index is 294. The van der Waals surface area contributed by atoms with E-state index >= 15 is 0 Å². The van der Waals surface area contributed by atoms with Crippen LogP contribution < -0.4 is 5.32 Å². The highest BCUT2D eigenvalue weighted by molar-refractivity contribution is 5.26. The van der Waals surface area contributed by atoms with Crippen molar-refractivity contribution in [3.63, 3.8) is 0 Å². The van der Waals surface area contributed by atoms with Gasteiger partial charge in [-0.2, -0.15) is 0 Å². The lowest BCUT2D eigenvalue weighted by atomic mass is 9.87. The third-order valence-corrected chi connectivity index (χ3v) is 2.96. The molecule has 0 aliphatic heterocycles. The minimum atomic E-state index is -0.684. The van der Waals surface area contributed by atoms with Gasteiger partial charge in [0.25, 0.3) is 0 Å². The molecule has 1 aromatic rings. The van der Waals surface area contributed by atoms with Crippen LogP contribution in [0.3, 0.4) is 0 Å². The number of aliphatic hydroxyl groups is 1. The first kappa shape index (κ1) is 12.2. The van der Waals surface area contributed by atoms with Crippen molar-refractivity contribution >= 4 is 0 Å².